The lowest BCUT2D eigenvalue weighted by Crippen LogP contribution is -2.57. The molecule has 3 atom stereocenters. The Kier molecular flexibility index (Phi) is 20.5. The van der Waals surface area contributed by atoms with Gasteiger partial charge in [-0.1, -0.05) is 83.1 Å². The van der Waals surface area contributed by atoms with E-state index in [9.17, 15) is 29.4 Å². The van der Waals surface area contributed by atoms with Crippen molar-refractivity contribution in [1.29, 1.82) is 0 Å². The monoisotopic (exact) mass is 632 g/mol. The summed E-state index contributed by atoms with van der Waals surface area (Å²) < 4.78 is 10.6. The third kappa shape index (κ3) is 16.1. The van der Waals surface area contributed by atoms with Crippen LogP contribution in [0.25, 0.3) is 0 Å². The fourth-order valence-corrected chi connectivity index (χ4v) is 4.97. The molecule has 1 aromatic rings. The number of carboxylic acids is 1. The van der Waals surface area contributed by atoms with Gasteiger partial charge in [-0.3, -0.25) is 14.4 Å². The number of aliphatic hydroxyl groups is 1. The predicted octanol–water partition coefficient (Wildman–Crippen LogP) is 5.28. The van der Waals surface area contributed by atoms with Crippen LogP contribution in [0.4, 0.5) is 0 Å². The van der Waals surface area contributed by atoms with Gasteiger partial charge in [-0.2, -0.15) is 0 Å². The second-order valence-electron chi connectivity index (χ2n) is 11.7. The van der Waals surface area contributed by atoms with Gasteiger partial charge < -0.3 is 30.7 Å². The summed E-state index contributed by atoms with van der Waals surface area (Å²) in [4.78, 5) is 49.8. The molecule has 45 heavy (non-hydrogen) atoms. The van der Waals surface area contributed by atoms with Crippen LogP contribution in [-0.4, -0.2) is 65.7 Å². The van der Waals surface area contributed by atoms with Crippen LogP contribution in [0.2, 0.25) is 0 Å². The zero-order valence-electron chi connectivity index (χ0n) is 27.6. The highest BCUT2D eigenvalue weighted by molar-refractivity contribution is 5.93. The summed E-state index contributed by atoms with van der Waals surface area (Å²) in [5.41, 5.74) is 3.74. The number of carbonyl (C=O) groups is 4. The fraction of sp³-hybridized carbons (Fsp3) is 0.657. The number of ether oxygens (including phenoxy) is 2. The third-order valence-corrected chi connectivity index (χ3v) is 7.79. The van der Waals surface area contributed by atoms with E-state index in [0.29, 0.717) is 43.0 Å². The molecule has 0 fully saturated rings. The van der Waals surface area contributed by atoms with Gasteiger partial charge in [0.25, 0.3) is 0 Å². The van der Waals surface area contributed by atoms with Crippen molar-refractivity contribution in [2.24, 2.45) is 11.7 Å². The fourth-order valence-electron chi connectivity index (χ4n) is 4.97. The molecule has 254 valence electrons. The zero-order valence-corrected chi connectivity index (χ0v) is 27.6. The average Bonchev–Trinajstić information content (AvgIpc) is 3.00. The first kappa shape index (κ1) is 39.8. The number of nitrogens with one attached hydrogen (secondary N) is 1. The van der Waals surface area contributed by atoms with Crippen molar-refractivity contribution in [2.75, 3.05) is 20.3 Å². The highest BCUT2D eigenvalue weighted by atomic mass is 16.5. The van der Waals surface area contributed by atoms with Crippen molar-refractivity contribution in [3.63, 3.8) is 0 Å². The van der Waals surface area contributed by atoms with Crippen molar-refractivity contribution < 1.29 is 38.9 Å². The minimum Gasteiger partial charge on any atom is -0.494 e. The number of hydrogen-bond acceptors (Lipinski definition) is 7. The van der Waals surface area contributed by atoms with Crippen molar-refractivity contribution >= 4 is 23.6 Å². The number of aliphatic carboxylic acids is 1. The van der Waals surface area contributed by atoms with Gasteiger partial charge >= 0.3 is 5.97 Å². The van der Waals surface area contributed by atoms with Gasteiger partial charge in [0.2, 0.25) is 11.8 Å². The molecule has 10 nitrogen and oxygen atoms in total. The molecule has 5 N–H and O–H groups in total. The summed E-state index contributed by atoms with van der Waals surface area (Å²) in [6, 6.07) is 5.94. The number of ketones is 1. The largest absolute Gasteiger partial charge is 0.494 e. The van der Waals surface area contributed by atoms with Crippen LogP contribution in [0.1, 0.15) is 109 Å². The Morgan fingerprint density at radius 1 is 0.911 bits per heavy atom. The smallest absolute Gasteiger partial charge is 0.339 e. The minimum atomic E-state index is -2.56. The van der Waals surface area contributed by atoms with Gasteiger partial charge in [0, 0.05) is 26.4 Å². The molecule has 0 aromatic heterocycles. The summed E-state index contributed by atoms with van der Waals surface area (Å²) in [5.74, 6) is -3.82. The maximum atomic E-state index is 13.4. The standard InChI is InChI=1S/C35H56N2O8/c1-4-6-8-11-14-17-28(38)18-15-12-9-10-13-16-19-30(35(43,26-44-3)34(41)42)33(40)37-31(32(36)39)25-27-20-22-29(23-21-27)45-24-7-5-2/h16,19-23,30-31,43H,4-15,17-18,24-26H2,1-3H3,(H2,36,39)(H,37,40)(H,41,42)/b19-16+/t30-,31+,35+/m1/s1. The Hall–Kier alpha value is -3.24. The number of methoxy groups -OCH3 is 1. The van der Waals surface area contributed by atoms with E-state index in [2.05, 4.69) is 19.2 Å². The first-order valence-corrected chi connectivity index (χ1v) is 16.5. The molecule has 0 aliphatic carbocycles. The Labute approximate surface area is 269 Å². The summed E-state index contributed by atoms with van der Waals surface area (Å²) in [5, 5.41) is 23.4. The lowest BCUT2D eigenvalue weighted by molar-refractivity contribution is -0.173. The van der Waals surface area contributed by atoms with Gasteiger partial charge in [0.15, 0.2) is 5.60 Å². The van der Waals surface area contributed by atoms with E-state index in [1.54, 1.807) is 30.3 Å². The number of amides is 2. The third-order valence-electron chi connectivity index (χ3n) is 7.79. The molecule has 0 heterocycles. The van der Waals surface area contributed by atoms with Crippen LogP contribution >= 0.6 is 0 Å². The summed E-state index contributed by atoms with van der Waals surface area (Å²) in [7, 11) is 1.23. The molecule has 0 bridgehead atoms. The number of rotatable bonds is 27. The van der Waals surface area contributed by atoms with Crippen LogP contribution < -0.4 is 15.8 Å². The molecule has 1 rings (SSSR count). The molecule has 0 saturated heterocycles. The number of primary amides is 1. The minimum absolute atomic E-state index is 0.0733. The maximum Gasteiger partial charge on any atom is 0.339 e. The molecule has 0 unspecified atom stereocenters. The van der Waals surface area contributed by atoms with Crippen LogP contribution in [0.3, 0.4) is 0 Å². The second kappa shape index (κ2) is 23.1. The molecule has 0 spiro atoms. The zero-order chi connectivity index (χ0) is 33.5. The molecule has 2 amide bonds. The molecule has 0 aliphatic rings. The van der Waals surface area contributed by atoms with E-state index in [4.69, 9.17) is 15.2 Å². The number of Topliss-reactive ketones (excluding diaryl/α,β-unsaturated/α-hetero) is 1. The normalized spacial score (nSPS) is 14.0. The van der Waals surface area contributed by atoms with Crippen LogP contribution in [0, 0.1) is 5.92 Å². The average molecular weight is 633 g/mol. The van der Waals surface area contributed by atoms with E-state index in [-0.39, 0.29) is 6.42 Å². The van der Waals surface area contributed by atoms with Gasteiger partial charge in [-0.15, -0.1) is 0 Å². The van der Waals surface area contributed by atoms with Crippen LogP contribution in [-0.2, 0) is 30.3 Å². The van der Waals surface area contributed by atoms with E-state index in [0.717, 1.165) is 51.4 Å². The maximum absolute atomic E-state index is 13.4. The summed E-state index contributed by atoms with van der Waals surface area (Å²) >= 11 is 0. The Balaban J connectivity index is 2.75. The first-order valence-electron chi connectivity index (χ1n) is 16.5. The highest BCUT2D eigenvalue weighted by Gasteiger charge is 2.47. The van der Waals surface area contributed by atoms with Crippen molar-refractivity contribution in [3.05, 3.63) is 42.0 Å². The number of benzene rings is 1. The quantitative estimate of drug-likeness (QED) is 0.0751. The SMILES string of the molecule is CCCCCCCC(=O)CCCCCC/C=C/[C@H](C(=O)N[C@@H](Cc1ccc(OCCCC)cc1)C(N)=O)[C@@](O)(COC)C(=O)O. The van der Waals surface area contributed by atoms with Gasteiger partial charge in [0.1, 0.15) is 17.6 Å². The van der Waals surface area contributed by atoms with Crippen molar-refractivity contribution in [2.45, 2.75) is 122 Å². The summed E-state index contributed by atoms with van der Waals surface area (Å²) in [6.07, 6.45) is 15.9. The molecule has 0 saturated carbocycles. The number of nitrogens with two attached hydrogens (primary N) is 1. The Morgan fingerprint density at radius 2 is 1.51 bits per heavy atom. The van der Waals surface area contributed by atoms with E-state index in [1.807, 2.05) is 0 Å². The van der Waals surface area contributed by atoms with Gasteiger partial charge in [-0.05, 0) is 49.8 Å². The number of carboxylic acid groups (broad SMARTS) is 1. The lowest BCUT2D eigenvalue weighted by Gasteiger charge is -2.30. The van der Waals surface area contributed by atoms with Gasteiger partial charge in [0.05, 0.1) is 19.1 Å². The number of carbonyl (C=O) groups excluding carboxylic acids is 3. The topological polar surface area (TPSA) is 165 Å². The molecule has 0 aliphatic heterocycles. The summed E-state index contributed by atoms with van der Waals surface area (Å²) in [6.45, 7) is 4.20. The Morgan fingerprint density at radius 3 is 2.07 bits per heavy atom. The second-order valence-corrected chi connectivity index (χ2v) is 11.7. The molecular formula is C35H56N2O8. The number of hydrogen-bond donors (Lipinski definition) is 4. The van der Waals surface area contributed by atoms with Crippen molar-refractivity contribution in [1.82, 2.24) is 5.32 Å². The highest BCUT2D eigenvalue weighted by Crippen LogP contribution is 2.23. The van der Waals surface area contributed by atoms with E-state index >= 15 is 0 Å². The Bertz CT molecular complexity index is 1040. The first-order chi connectivity index (χ1) is 21.6. The molecular weight excluding hydrogens is 576 g/mol. The van der Waals surface area contributed by atoms with E-state index < -0.39 is 42.0 Å². The predicted molar refractivity (Wildman–Crippen MR) is 175 cm³/mol. The van der Waals surface area contributed by atoms with Crippen LogP contribution in [0.5, 0.6) is 5.75 Å². The number of allylic oxidation sites excluding steroid dienone is 1. The van der Waals surface area contributed by atoms with E-state index in [1.165, 1.54) is 32.4 Å². The number of unbranched alkanes of at least 4 members (excludes halogenated alkanes) is 9. The lowest BCUT2D eigenvalue weighted by atomic mass is 9.86. The molecule has 10 heteroatoms. The molecule has 1 aromatic carbocycles. The van der Waals surface area contributed by atoms with Gasteiger partial charge in [-0.25, -0.2) is 4.79 Å². The van der Waals surface area contributed by atoms with Crippen LogP contribution in [0.15, 0.2) is 36.4 Å². The van der Waals surface area contributed by atoms with Crippen molar-refractivity contribution in [3.8, 4) is 5.75 Å². The molecule has 0 radical (unpaired) electrons.